The van der Waals surface area contributed by atoms with E-state index in [9.17, 15) is 19.2 Å². The molecule has 0 bridgehead atoms. The fourth-order valence-electron chi connectivity index (χ4n) is 2.75. The van der Waals surface area contributed by atoms with Crippen molar-refractivity contribution in [3.05, 3.63) is 35.9 Å². The number of nitrogens with one attached hydrogen (secondary N) is 3. The number of piperazine rings is 1. The molecular weight excluding hydrogens is 350 g/mol. The van der Waals surface area contributed by atoms with E-state index >= 15 is 0 Å². The highest BCUT2D eigenvalue weighted by molar-refractivity contribution is 5.99. The van der Waals surface area contributed by atoms with Gasteiger partial charge in [-0.3, -0.25) is 19.2 Å². The van der Waals surface area contributed by atoms with E-state index in [1.165, 1.54) is 0 Å². The second-order valence-electron chi connectivity index (χ2n) is 6.24. The number of nitrogens with two attached hydrogens (primary N) is 1. The van der Waals surface area contributed by atoms with Crippen molar-refractivity contribution in [2.24, 2.45) is 5.73 Å². The number of nitriles is 1. The van der Waals surface area contributed by atoms with Crippen molar-refractivity contribution in [2.45, 2.75) is 43.8 Å². The monoisotopic (exact) mass is 371 g/mol. The Morgan fingerprint density at radius 3 is 2.41 bits per heavy atom. The van der Waals surface area contributed by atoms with Crippen molar-refractivity contribution in [2.75, 3.05) is 0 Å². The Morgan fingerprint density at radius 1 is 1.15 bits per heavy atom. The third kappa shape index (κ3) is 5.81. The third-order valence-electron chi connectivity index (χ3n) is 4.16. The predicted octanol–water partition coefficient (Wildman–Crippen LogP) is -1.12. The summed E-state index contributed by atoms with van der Waals surface area (Å²) in [5.41, 5.74) is 6.09. The summed E-state index contributed by atoms with van der Waals surface area (Å²) in [6, 6.07) is 8.36. The summed E-state index contributed by atoms with van der Waals surface area (Å²) in [7, 11) is 0. The Morgan fingerprint density at radius 2 is 1.78 bits per heavy atom. The van der Waals surface area contributed by atoms with Crippen LogP contribution in [0.3, 0.4) is 0 Å². The van der Waals surface area contributed by atoms with Crippen LogP contribution in [0.2, 0.25) is 0 Å². The Labute approximate surface area is 156 Å². The maximum Gasteiger partial charge on any atom is 0.243 e. The third-order valence-corrected chi connectivity index (χ3v) is 4.16. The zero-order valence-corrected chi connectivity index (χ0v) is 14.6. The molecule has 0 aliphatic carbocycles. The molecule has 1 aromatic rings. The minimum Gasteiger partial charge on any atom is -0.368 e. The molecule has 3 atom stereocenters. The van der Waals surface area contributed by atoms with E-state index in [2.05, 4.69) is 16.0 Å². The molecule has 2 rings (SSSR count). The number of hydrogen-bond acceptors (Lipinski definition) is 5. The van der Waals surface area contributed by atoms with E-state index in [4.69, 9.17) is 11.0 Å². The first kappa shape index (κ1) is 19.9. The molecule has 1 aliphatic rings. The Kier molecular flexibility index (Phi) is 6.88. The van der Waals surface area contributed by atoms with Crippen molar-refractivity contribution in [1.29, 1.82) is 5.26 Å². The van der Waals surface area contributed by atoms with Crippen LogP contribution in [-0.2, 0) is 25.6 Å². The van der Waals surface area contributed by atoms with Gasteiger partial charge in [-0.15, -0.1) is 0 Å². The Bertz CT molecular complexity index is 759. The number of benzene rings is 1. The summed E-state index contributed by atoms with van der Waals surface area (Å²) in [6.07, 6.45) is 0.150. The molecule has 0 aromatic heterocycles. The van der Waals surface area contributed by atoms with Crippen molar-refractivity contribution >= 4 is 23.6 Å². The van der Waals surface area contributed by atoms with Gasteiger partial charge in [0.2, 0.25) is 23.6 Å². The first-order valence-electron chi connectivity index (χ1n) is 8.51. The number of primary amides is 1. The summed E-state index contributed by atoms with van der Waals surface area (Å²) in [5, 5.41) is 16.1. The van der Waals surface area contributed by atoms with Crippen LogP contribution >= 0.6 is 0 Å². The van der Waals surface area contributed by atoms with Gasteiger partial charge in [-0.25, -0.2) is 0 Å². The van der Waals surface area contributed by atoms with E-state index in [0.717, 1.165) is 5.56 Å². The largest absolute Gasteiger partial charge is 0.368 e. The van der Waals surface area contributed by atoms with Gasteiger partial charge in [-0.05, 0) is 12.0 Å². The summed E-state index contributed by atoms with van der Waals surface area (Å²) in [6.45, 7) is 0. The Hall–Kier alpha value is -3.41. The zero-order chi connectivity index (χ0) is 19.8. The lowest BCUT2D eigenvalue weighted by Gasteiger charge is -2.29. The maximum absolute atomic E-state index is 12.2. The van der Waals surface area contributed by atoms with Gasteiger partial charge in [0.25, 0.3) is 0 Å². The van der Waals surface area contributed by atoms with Crippen LogP contribution in [0, 0.1) is 11.3 Å². The highest BCUT2D eigenvalue weighted by atomic mass is 16.2. The minimum atomic E-state index is -1.03. The topological polar surface area (TPSA) is 154 Å². The van der Waals surface area contributed by atoms with Crippen LogP contribution < -0.4 is 21.7 Å². The molecule has 27 heavy (non-hydrogen) atoms. The number of rotatable bonds is 8. The van der Waals surface area contributed by atoms with E-state index in [1.807, 2.05) is 36.4 Å². The summed E-state index contributed by atoms with van der Waals surface area (Å²) < 4.78 is 0. The van der Waals surface area contributed by atoms with Crippen LogP contribution in [0.15, 0.2) is 30.3 Å². The molecule has 4 amide bonds. The zero-order valence-electron chi connectivity index (χ0n) is 14.6. The molecule has 9 nitrogen and oxygen atoms in total. The number of amides is 4. The molecule has 0 saturated carbocycles. The SMILES string of the molecule is N#CCC[C@H](NC(=O)C[C@@H]1NC(=O)[C@H](Cc2ccccc2)NC1=O)C(N)=O. The van der Waals surface area contributed by atoms with Gasteiger partial charge in [0.15, 0.2) is 0 Å². The molecule has 1 aromatic carbocycles. The van der Waals surface area contributed by atoms with Crippen molar-refractivity contribution in [1.82, 2.24) is 16.0 Å². The predicted molar refractivity (Wildman–Crippen MR) is 94.6 cm³/mol. The van der Waals surface area contributed by atoms with Crippen LogP contribution in [0.4, 0.5) is 0 Å². The van der Waals surface area contributed by atoms with E-state index in [1.54, 1.807) is 0 Å². The average Bonchev–Trinajstić information content (AvgIpc) is 2.63. The lowest BCUT2D eigenvalue weighted by molar-refractivity contribution is -0.138. The van der Waals surface area contributed by atoms with Gasteiger partial charge in [-0.2, -0.15) is 5.26 Å². The van der Waals surface area contributed by atoms with Crippen LogP contribution in [0.25, 0.3) is 0 Å². The van der Waals surface area contributed by atoms with Crippen molar-refractivity contribution in [3.63, 3.8) is 0 Å². The second-order valence-corrected chi connectivity index (χ2v) is 6.24. The fourth-order valence-corrected chi connectivity index (χ4v) is 2.75. The molecule has 0 radical (unpaired) electrons. The van der Waals surface area contributed by atoms with E-state index in [-0.39, 0.29) is 25.2 Å². The number of carbonyl (C=O) groups excluding carboxylic acids is 4. The van der Waals surface area contributed by atoms with E-state index in [0.29, 0.717) is 6.42 Å². The smallest absolute Gasteiger partial charge is 0.243 e. The van der Waals surface area contributed by atoms with Gasteiger partial charge >= 0.3 is 0 Å². The van der Waals surface area contributed by atoms with E-state index < -0.39 is 35.8 Å². The first-order chi connectivity index (χ1) is 12.9. The average molecular weight is 371 g/mol. The van der Waals surface area contributed by atoms with Crippen LogP contribution in [0.1, 0.15) is 24.8 Å². The van der Waals surface area contributed by atoms with Crippen molar-refractivity contribution < 1.29 is 19.2 Å². The molecule has 142 valence electrons. The highest BCUT2D eigenvalue weighted by Gasteiger charge is 2.35. The number of hydrogen-bond donors (Lipinski definition) is 4. The first-order valence-corrected chi connectivity index (χ1v) is 8.51. The number of carbonyl (C=O) groups is 4. The lowest BCUT2D eigenvalue weighted by atomic mass is 10.0. The maximum atomic E-state index is 12.2. The molecule has 1 aliphatic heterocycles. The summed E-state index contributed by atoms with van der Waals surface area (Å²) in [5.74, 6) is -2.23. The molecular formula is C18H21N5O4. The Balaban J connectivity index is 1.90. The standard InChI is InChI=1S/C18H21N5O4/c19-8-4-7-12(16(20)25)21-15(24)10-14-18(27)22-13(17(26)23-14)9-11-5-2-1-3-6-11/h1-3,5-6,12-14H,4,7,9-10H2,(H2,20,25)(H,21,24)(H,22,27)(H,23,26)/t12-,13-,14-/m0/s1. The van der Waals surface area contributed by atoms with Crippen molar-refractivity contribution in [3.8, 4) is 6.07 Å². The molecule has 1 heterocycles. The highest BCUT2D eigenvalue weighted by Crippen LogP contribution is 2.09. The van der Waals surface area contributed by atoms with Gasteiger partial charge in [0, 0.05) is 12.8 Å². The lowest BCUT2D eigenvalue weighted by Crippen LogP contribution is -2.63. The molecule has 0 unspecified atom stereocenters. The van der Waals surface area contributed by atoms with Gasteiger partial charge in [0.1, 0.15) is 18.1 Å². The van der Waals surface area contributed by atoms with Gasteiger partial charge in [0.05, 0.1) is 12.5 Å². The minimum absolute atomic E-state index is 0.0513. The molecule has 9 heteroatoms. The normalized spacial score (nSPS) is 20.0. The molecule has 0 spiro atoms. The van der Waals surface area contributed by atoms with Gasteiger partial charge in [-0.1, -0.05) is 30.3 Å². The van der Waals surface area contributed by atoms with Crippen LogP contribution in [0.5, 0.6) is 0 Å². The molecule has 1 fully saturated rings. The van der Waals surface area contributed by atoms with Gasteiger partial charge < -0.3 is 21.7 Å². The second kappa shape index (κ2) is 9.33. The summed E-state index contributed by atoms with van der Waals surface area (Å²) >= 11 is 0. The summed E-state index contributed by atoms with van der Waals surface area (Å²) in [4.78, 5) is 47.9. The van der Waals surface area contributed by atoms with Crippen LogP contribution in [-0.4, -0.2) is 41.8 Å². The quantitative estimate of drug-likeness (QED) is 0.455. The fraction of sp³-hybridized carbons (Fsp3) is 0.389. The number of nitrogens with zero attached hydrogens (tertiary/aromatic N) is 1. The molecule has 1 saturated heterocycles. The molecule has 5 N–H and O–H groups in total.